The molecular formula is C23H40O8. The normalized spacial score (nSPS) is 12.8. The van der Waals surface area contributed by atoms with Gasteiger partial charge in [0.1, 0.15) is 13.2 Å². The van der Waals surface area contributed by atoms with Gasteiger partial charge in [0.15, 0.2) is 6.10 Å². The highest BCUT2D eigenvalue weighted by molar-refractivity contribution is 5.71. The SMILES string of the molecule is CCCC(=O)OCC(COC(=O)CCC)OC(=O)CC(C)CCCCCC(C)C(=O)O. The predicted octanol–water partition coefficient (Wildman–Crippen LogP) is 4.28. The minimum Gasteiger partial charge on any atom is -0.481 e. The number of carboxylic acids is 1. The molecule has 8 nitrogen and oxygen atoms in total. The first kappa shape index (κ1) is 28.9. The van der Waals surface area contributed by atoms with Crippen LogP contribution < -0.4 is 0 Å². The van der Waals surface area contributed by atoms with Crippen LogP contribution in [-0.2, 0) is 33.4 Å². The molecule has 0 saturated carbocycles. The van der Waals surface area contributed by atoms with Crippen LogP contribution in [0.2, 0.25) is 0 Å². The first-order valence-corrected chi connectivity index (χ1v) is 11.4. The van der Waals surface area contributed by atoms with Gasteiger partial charge in [-0.15, -0.1) is 0 Å². The Morgan fingerprint density at radius 3 is 1.77 bits per heavy atom. The maximum atomic E-state index is 12.3. The summed E-state index contributed by atoms with van der Waals surface area (Å²) in [6.45, 7) is 7.11. The Kier molecular flexibility index (Phi) is 16.3. The number of hydrogen-bond acceptors (Lipinski definition) is 7. The average Bonchev–Trinajstić information content (AvgIpc) is 2.69. The van der Waals surface area contributed by atoms with Gasteiger partial charge in [-0.2, -0.15) is 0 Å². The van der Waals surface area contributed by atoms with Crippen LogP contribution in [0.4, 0.5) is 0 Å². The Balaban J connectivity index is 4.36. The summed E-state index contributed by atoms with van der Waals surface area (Å²) in [6, 6.07) is 0. The van der Waals surface area contributed by atoms with Gasteiger partial charge in [-0.1, -0.05) is 53.4 Å². The highest BCUT2D eigenvalue weighted by Crippen LogP contribution is 2.17. The molecule has 180 valence electrons. The first-order chi connectivity index (χ1) is 14.7. The zero-order chi connectivity index (χ0) is 23.6. The molecule has 0 fully saturated rings. The van der Waals surface area contributed by atoms with Gasteiger partial charge < -0.3 is 19.3 Å². The minimum absolute atomic E-state index is 0.107. The molecular weight excluding hydrogens is 404 g/mol. The topological polar surface area (TPSA) is 116 Å². The van der Waals surface area contributed by atoms with E-state index >= 15 is 0 Å². The lowest BCUT2D eigenvalue weighted by molar-refractivity contribution is -0.167. The Hall–Kier alpha value is -2.12. The first-order valence-electron chi connectivity index (χ1n) is 11.4. The van der Waals surface area contributed by atoms with Crippen molar-refractivity contribution in [3.8, 4) is 0 Å². The number of aliphatic carboxylic acids is 1. The maximum Gasteiger partial charge on any atom is 0.306 e. The van der Waals surface area contributed by atoms with Crippen molar-refractivity contribution in [1.82, 2.24) is 0 Å². The van der Waals surface area contributed by atoms with Gasteiger partial charge in [0.05, 0.1) is 5.92 Å². The lowest BCUT2D eigenvalue weighted by Crippen LogP contribution is -2.31. The fourth-order valence-corrected chi connectivity index (χ4v) is 2.90. The van der Waals surface area contributed by atoms with Crippen LogP contribution in [-0.4, -0.2) is 48.3 Å². The van der Waals surface area contributed by atoms with Crippen LogP contribution in [0.5, 0.6) is 0 Å². The van der Waals surface area contributed by atoms with Crippen molar-refractivity contribution in [3.05, 3.63) is 0 Å². The van der Waals surface area contributed by atoms with E-state index < -0.39 is 18.0 Å². The van der Waals surface area contributed by atoms with E-state index in [9.17, 15) is 19.2 Å². The monoisotopic (exact) mass is 444 g/mol. The van der Waals surface area contributed by atoms with E-state index in [1.165, 1.54) is 0 Å². The number of unbranched alkanes of at least 4 members (excludes halogenated alkanes) is 2. The molecule has 0 aromatic rings. The second-order valence-corrected chi connectivity index (χ2v) is 8.16. The van der Waals surface area contributed by atoms with Gasteiger partial charge in [0, 0.05) is 19.3 Å². The van der Waals surface area contributed by atoms with Crippen molar-refractivity contribution in [3.63, 3.8) is 0 Å². The fraction of sp³-hybridized carbons (Fsp3) is 0.826. The number of carbonyl (C=O) groups is 4. The number of esters is 3. The van der Waals surface area contributed by atoms with Gasteiger partial charge in [-0.25, -0.2) is 0 Å². The molecule has 0 saturated heterocycles. The molecule has 0 aromatic carbocycles. The number of carbonyl (C=O) groups excluding carboxylic acids is 3. The summed E-state index contributed by atoms with van der Waals surface area (Å²) in [6.07, 6.45) is 5.42. The summed E-state index contributed by atoms with van der Waals surface area (Å²) < 4.78 is 15.6. The molecule has 2 unspecified atom stereocenters. The van der Waals surface area contributed by atoms with E-state index in [2.05, 4.69) is 0 Å². The van der Waals surface area contributed by atoms with Crippen molar-refractivity contribution >= 4 is 23.9 Å². The molecule has 0 aliphatic heterocycles. The Morgan fingerprint density at radius 1 is 0.774 bits per heavy atom. The summed E-state index contributed by atoms with van der Waals surface area (Å²) in [7, 11) is 0. The van der Waals surface area contributed by atoms with E-state index in [1.54, 1.807) is 6.92 Å². The highest BCUT2D eigenvalue weighted by atomic mass is 16.6. The molecule has 0 heterocycles. The van der Waals surface area contributed by atoms with Crippen molar-refractivity contribution in [2.45, 2.75) is 98.0 Å². The van der Waals surface area contributed by atoms with Gasteiger partial charge >= 0.3 is 23.9 Å². The summed E-state index contributed by atoms with van der Waals surface area (Å²) in [4.78, 5) is 46.3. The fourth-order valence-electron chi connectivity index (χ4n) is 2.90. The van der Waals surface area contributed by atoms with Crippen LogP contribution >= 0.6 is 0 Å². The van der Waals surface area contributed by atoms with Gasteiger partial charge in [0.2, 0.25) is 0 Å². The molecule has 8 heteroatoms. The summed E-state index contributed by atoms with van der Waals surface area (Å²) >= 11 is 0. The molecule has 0 amide bonds. The number of ether oxygens (including phenoxy) is 3. The number of rotatable bonds is 18. The standard InChI is InChI=1S/C23H40O8/c1-5-10-20(24)29-15-19(16-30-21(25)11-6-2)31-22(26)14-17(3)12-8-7-9-13-18(4)23(27)28/h17-19H,5-16H2,1-4H3,(H,27,28). The largest absolute Gasteiger partial charge is 0.481 e. The van der Waals surface area contributed by atoms with E-state index in [0.29, 0.717) is 19.3 Å². The van der Waals surface area contributed by atoms with Crippen LogP contribution in [0.25, 0.3) is 0 Å². The minimum atomic E-state index is -0.821. The maximum absolute atomic E-state index is 12.3. The van der Waals surface area contributed by atoms with Gasteiger partial charge in [0.25, 0.3) is 0 Å². The number of carboxylic acid groups (broad SMARTS) is 1. The predicted molar refractivity (Wildman–Crippen MR) is 115 cm³/mol. The smallest absolute Gasteiger partial charge is 0.306 e. The van der Waals surface area contributed by atoms with Crippen molar-refractivity contribution < 1.29 is 38.5 Å². The van der Waals surface area contributed by atoms with Crippen LogP contribution in [0.15, 0.2) is 0 Å². The molecule has 0 bridgehead atoms. The third kappa shape index (κ3) is 16.3. The van der Waals surface area contributed by atoms with E-state index in [1.807, 2.05) is 20.8 Å². The molecule has 0 spiro atoms. The third-order valence-corrected chi connectivity index (χ3v) is 4.84. The highest BCUT2D eigenvalue weighted by Gasteiger charge is 2.20. The Morgan fingerprint density at radius 2 is 1.29 bits per heavy atom. The van der Waals surface area contributed by atoms with E-state index in [-0.39, 0.29) is 56.3 Å². The molecule has 0 aliphatic carbocycles. The zero-order valence-electron chi connectivity index (χ0n) is 19.5. The number of hydrogen-bond donors (Lipinski definition) is 1. The molecule has 2 atom stereocenters. The third-order valence-electron chi connectivity index (χ3n) is 4.84. The van der Waals surface area contributed by atoms with Crippen molar-refractivity contribution in [2.24, 2.45) is 11.8 Å². The molecule has 0 aliphatic rings. The molecule has 0 aromatic heterocycles. The van der Waals surface area contributed by atoms with Crippen molar-refractivity contribution in [2.75, 3.05) is 13.2 Å². The summed E-state index contributed by atoms with van der Waals surface area (Å²) in [5.74, 6) is -2.18. The summed E-state index contributed by atoms with van der Waals surface area (Å²) in [5.41, 5.74) is 0. The second-order valence-electron chi connectivity index (χ2n) is 8.16. The molecule has 1 N–H and O–H groups in total. The van der Waals surface area contributed by atoms with E-state index in [4.69, 9.17) is 19.3 Å². The zero-order valence-corrected chi connectivity index (χ0v) is 19.5. The molecule has 0 radical (unpaired) electrons. The second kappa shape index (κ2) is 17.5. The van der Waals surface area contributed by atoms with Gasteiger partial charge in [-0.05, 0) is 25.2 Å². The Labute approximate surface area is 186 Å². The molecule has 0 rings (SSSR count). The Bertz CT molecular complexity index is 524. The van der Waals surface area contributed by atoms with Crippen molar-refractivity contribution in [1.29, 1.82) is 0 Å². The van der Waals surface area contributed by atoms with Gasteiger partial charge in [-0.3, -0.25) is 19.2 Å². The molecule has 31 heavy (non-hydrogen) atoms. The average molecular weight is 445 g/mol. The summed E-state index contributed by atoms with van der Waals surface area (Å²) in [5, 5.41) is 8.88. The van der Waals surface area contributed by atoms with Crippen LogP contribution in [0, 0.1) is 11.8 Å². The lowest BCUT2D eigenvalue weighted by atomic mass is 9.97. The van der Waals surface area contributed by atoms with E-state index in [0.717, 1.165) is 25.7 Å². The lowest BCUT2D eigenvalue weighted by Gasteiger charge is -2.19. The quantitative estimate of drug-likeness (QED) is 0.189. The van der Waals surface area contributed by atoms with Crippen LogP contribution in [0.1, 0.15) is 91.9 Å². The van der Waals surface area contributed by atoms with Crippen LogP contribution in [0.3, 0.4) is 0 Å².